The molecule has 4 nitrogen and oxygen atoms in total. The number of carbonyl (C=O) groups is 2. The fraction of sp³-hybridized carbons (Fsp3) is 0.125. The summed E-state index contributed by atoms with van der Waals surface area (Å²) >= 11 is 6.01. The highest BCUT2D eigenvalue weighted by Gasteiger charge is 2.08. The van der Waals surface area contributed by atoms with Crippen molar-refractivity contribution >= 4 is 29.2 Å². The van der Waals surface area contributed by atoms with Gasteiger partial charge in [0.15, 0.2) is 0 Å². The zero-order chi connectivity index (χ0) is 15.2. The van der Waals surface area contributed by atoms with Gasteiger partial charge in [-0.2, -0.15) is 0 Å². The number of nitrogens with one attached hydrogen (secondary N) is 1. The lowest BCUT2D eigenvalue weighted by atomic mass is 10.1. The maximum atomic E-state index is 12.0. The molecule has 0 radical (unpaired) electrons. The van der Waals surface area contributed by atoms with Gasteiger partial charge in [-0.3, -0.25) is 9.59 Å². The minimum absolute atomic E-state index is 0.0752. The van der Waals surface area contributed by atoms with Crippen molar-refractivity contribution in [3.05, 3.63) is 64.7 Å². The molecule has 0 aliphatic carbocycles. The molecule has 0 spiro atoms. The predicted octanol–water partition coefficient (Wildman–Crippen LogP) is 3.15. The third-order valence-electron chi connectivity index (χ3n) is 2.87. The molecule has 0 atom stereocenters. The van der Waals surface area contributed by atoms with E-state index in [0.717, 1.165) is 5.56 Å². The van der Waals surface area contributed by atoms with Gasteiger partial charge in [0.1, 0.15) is 0 Å². The first kappa shape index (κ1) is 15.1. The molecule has 0 saturated carbocycles. The summed E-state index contributed by atoms with van der Waals surface area (Å²) in [4.78, 5) is 22.7. The van der Waals surface area contributed by atoms with Crippen LogP contribution in [0.3, 0.4) is 0 Å². The van der Waals surface area contributed by atoms with E-state index >= 15 is 0 Å². The van der Waals surface area contributed by atoms with Crippen LogP contribution in [0.4, 0.5) is 5.69 Å². The molecule has 0 unspecified atom stereocenters. The molecule has 0 aliphatic rings. The fourth-order valence-electron chi connectivity index (χ4n) is 1.95. The summed E-state index contributed by atoms with van der Waals surface area (Å²) in [6, 6.07) is 13.9. The molecule has 0 heterocycles. The standard InChI is InChI=1S/C16H14ClNO3/c17-14-7-2-1-5-12(14)10-15(19)18-13-6-3-4-11(8-13)9-16(20)21/h1-8H,9-10H2,(H,18,19)(H,20,21). The summed E-state index contributed by atoms with van der Waals surface area (Å²) in [5.74, 6) is -1.11. The third kappa shape index (κ3) is 4.61. The summed E-state index contributed by atoms with van der Waals surface area (Å²) < 4.78 is 0. The highest BCUT2D eigenvalue weighted by Crippen LogP contribution is 2.17. The average molecular weight is 304 g/mol. The number of amides is 1. The second-order valence-electron chi connectivity index (χ2n) is 4.59. The lowest BCUT2D eigenvalue weighted by Gasteiger charge is -2.07. The normalized spacial score (nSPS) is 10.1. The number of benzene rings is 2. The van der Waals surface area contributed by atoms with Crippen LogP contribution < -0.4 is 5.32 Å². The van der Waals surface area contributed by atoms with Crippen molar-refractivity contribution in [1.82, 2.24) is 0 Å². The van der Waals surface area contributed by atoms with Crippen LogP contribution in [0.1, 0.15) is 11.1 Å². The molecule has 0 saturated heterocycles. The zero-order valence-corrected chi connectivity index (χ0v) is 11.9. The second kappa shape index (κ2) is 6.90. The van der Waals surface area contributed by atoms with Crippen molar-refractivity contribution < 1.29 is 14.7 Å². The van der Waals surface area contributed by atoms with Gasteiger partial charge in [0.25, 0.3) is 0 Å². The SMILES string of the molecule is O=C(O)Cc1cccc(NC(=O)Cc2ccccc2Cl)c1. The van der Waals surface area contributed by atoms with E-state index < -0.39 is 5.97 Å². The van der Waals surface area contributed by atoms with E-state index in [1.807, 2.05) is 6.07 Å². The molecule has 2 N–H and O–H groups in total. The van der Waals surface area contributed by atoms with Crippen LogP contribution in [-0.4, -0.2) is 17.0 Å². The summed E-state index contributed by atoms with van der Waals surface area (Å²) in [7, 11) is 0. The Morgan fingerprint density at radius 1 is 1.05 bits per heavy atom. The first-order valence-electron chi connectivity index (χ1n) is 6.38. The largest absolute Gasteiger partial charge is 0.481 e. The number of carboxylic acids is 1. The van der Waals surface area contributed by atoms with Crippen molar-refractivity contribution in [2.45, 2.75) is 12.8 Å². The monoisotopic (exact) mass is 303 g/mol. The van der Waals surface area contributed by atoms with Crippen LogP contribution in [-0.2, 0) is 22.4 Å². The Hall–Kier alpha value is -2.33. The molecular weight excluding hydrogens is 290 g/mol. The van der Waals surface area contributed by atoms with E-state index in [0.29, 0.717) is 16.3 Å². The smallest absolute Gasteiger partial charge is 0.307 e. The Kier molecular flexibility index (Phi) is 4.95. The maximum absolute atomic E-state index is 12.0. The summed E-state index contributed by atoms with van der Waals surface area (Å²) in [5.41, 5.74) is 1.96. The van der Waals surface area contributed by atoms with E-state index in [1.54, 1.807) is 42.5 Å². The quantitative estimate of drug-likeness (QED) is 0.891. The number of rotatable bonds is 5. The van der Waals surface area contributed by atoms with Crippen molar-refractivity contribution in [1.29, 1.82) is 0 Å². The van der Waals surface area contributed by atoms with E-state index in [9.17, 15) is 9.59 Å². The van der Waals surface area contributed by atoms with Crippen LogP contribution in [0.15, 0.2) is 48.5 Å². The van der Waals surface area contributed by atoms with Gasteiger partial charge in [0.05, 0.1) is 12.8 Å². The van der Waals surface area contributed by atoms with Gasteiger partial charge >= 0.3 is 5.97 Å². The van der Waals surface area contributed by atoms with Crippen LogP contribution in [0.25, 0.3) is 0 Å². The van der Waals surface area contributed by atoms with Gasteiger partial charge in [0.2, 0.25) is 5.91 Å². The van der Waals surface area contributed by atoms with Crippen molar-refractivity contribution in [2.75, 3.05) is 5.32 Å². The molecule has 2 aromatic rings. The zero-order valence-electron chi connectivity index (χ0n) is 11.2. The number of carbonyl (C=O) groups excluding carboxylic acids is 1. The Bertz CT molecular complexity index is 670. The Balaban J connectivity index is 2.03. The van der Waals surface area contributed by atoms with Gasteiger partial charge in [-0.15, -0.1) is 0 Å². The number of halogens is 1. The van der Waals surface area contributed by atoms with Crippen LogP contribution in [0.2, 0.25) is 5.02 Å². The number of carboxylic acid groups (broad SMARTS) is 1. The fourth-order valence-corrected chi connectivity index (χ4v) is 2.16. The molecule has 2 aromatic carbocycles. The summed E-state index contributed by atoms with van der Waals surface area (Å²) in [6.45, 7) is 0. The van der Waals surface area contributed by atoms with Gasteiger partial charge < -0.3 is 10.4 Å². The molecule has 5 heteroatoms. The van der Waals surface area contributed by atoms with Gasteiger partial charge in [-0.25, -0.2) is 0 Å². The molecule has 2 rings (SSSR count). The predicted molar refractivity (Wildman–Crippen MR) is 81.6 cm³/mol. The first-order valence-corrected chi connectivity index (χ1v) is 6.76. The topological polar surface area (TPSA) is 66.4 Å². The molecule has 0 aromatic heterocycles. The van der Waals surface area contributed by atoms with E-state index in [-0.39, 0.29) is 18.7 Å². The lowest BCUT2D eigenvalue weighted by Crippen LogP contribution is -2.14. The lowest BCUT2D eigenvalue weighted by molar-refractivity contribution is -0.136. The minimum atomic E-state index is -0.908. The number of hydrogen-bond acceptors (Lipinski definition) is 2. The Labute approximate surface area is 127 Å². The third-order valence-corrected chi connectivity index (χ3v) is 3.24. The Morgan fingerprint density at radius 2 is 1.81 bits per heavy atom. The van der Waals surface area contributed by atoms with Crippen LogP contribution in [0.5, 0.6) is 0 Å². The summed E-state index contributed by atoms with van der Waals surface area (Å²) in [5, 5.41) is 12.1. The second-order valence-corrected chi connectivity index (χ2v) is 4.99. The number of anilines is 1. The molecular formula is C16H14ClNO3. The van der Waals surface area contributed by atoms with Crippen molar-refractivity contribution in [3.63, 3.8) is 0 Å². The van der Waals surface area contributed by atoms with Crippen molar-refractivity contribution in [2.24, 2.45) is 0 Å². The highest BCUT2D eigenvalue weighted by molar-refractivity contribution is 6.31. The van der Waals surface area contributed by atoms with Crippen molar-refractivity contribution in [3.8, 4) is 0 Å². The first-order chi connectivity index (χ1) is 10.0. The molecule has 108 valence electrons. The molecule has 1 amide bonds. The van der Waals surface area contributed by atoms with E-state index in [1.165, 1.54) is 0 Å². The maximum Gasteiger partial charge on any atom is 0.307 e. The number of hydrogen-bond donors (Lipinski definition) is 2. The molecule has 21 heavy (non-hydrogen) atoms. The average Bonchev–Trinajstić information content (AvgIpc) is 2.41. The minimum Gasteiger partial charge on any atom is -0.481 e. The van der Waals surface area contributed by atoms with E-state index in [4.69, 9.17) is 16.7 Å². The molecule has 0 aliphatic heterocycles. The number of aliphatic carboxylic acids is 1. The Morgan fingerprint density at radius 3 is 2.52 bits per heavy atom. The van der Waals surface area contributed by atoms with Gasteiger partial charge in [0, 0.05) is 10.7 Å². The molecule has 0 bridgehead atoms. The van der Waals surface area contributed by atoms with Gasteiger partial charge in [-0.05, 0) is 29.3 Å². The van der Waals surface area contributed by atoms with E-state index in [2.05, 4.69) is 5.32 Å². The van der Waals surface area contributed by atoms with Gasteiger partial charge in [-0.1, -0.05) is 41.9 Å². The van der Waals surface area contributed by atoms with Crippen LogP contribution >= 0.6 is 11.6 Å². The summed E-state index contributed by atoms with van der Waals surface area (Å²) in [6.07, 6.45) is 0.0943. The molecule has 0 fully saturated rings. The van der Waals surface area contributed by atoms with Crippen LogP contribution in [0, 0.1) is 0 Å². The highest BCUT2D eigenvalue weighted by atomic mass is 35.5.